The van der Waals surface area contributed by atoms with Crippen molar-refractivity contribution in [2.75, 3.05) is 13.1 Å². The number of piperidine rings is 1. The number of aromatic amines is 1. The Bertz CT molecular complexity index is 789. The number of carbonyl (C=O) groups excluding carboxylic acids is 2. The van der Waals surface area contributed by atoms with Crippen LogP contribution in [0.25, 0.3) is 11.4 Å². The summed E-state index contributed by atoms with van der Waals surface area (Å²) in [5.74, 6) is 1.38. The number of nitrogens with one attached hydrogen (secondary N) is 2. The number of aryl methyl sites for hydroxylation is 1. The van der Waals surface area contributed by atoms with Gasteiger partial charge in [0.15, 0.2) is 5.82 Å². The maximum absolute atomic E-state index is 12.3. The average Bonchev–Trinajstić information content (AvgIpc) is 3.12. The fourth-order valence-electron chi connectivity index (χ4n) is 3.07. The van der Waals surface area contributed by atoms with E-state index in [2.05, 4.69) is 27.1 Å². The van der Waals surface area contributed by atoms with E-state index < -0.39 is 0 Å². The zero-order chi connectivity index (χ0) is 18.5. The van der Waals surface area contributed by atoms with Crippen molar-refractivity contribution in [3.63, 3.8) is 0 Å². The topological polar surface area (TPSA) is 91.0 Å². The summed E-state index contributed by atoms with van der Waals surface area (Å²) >= 11 is 0. The molecule has 0 spiro atoms. The summed E-state index contributed by atoms with van der Waals surface area (Å²) in [6.45, 7) is 7.05. The number of rotatable bonds is 5. The highest BCUT2D eigenvalue weighted by molar-refractivity contribution is 5.87. The van der Waals surface area contributed by atoms with Crippen LogP contribution < -0.4 is 5.32 Å². The molecule has 1 saturated heterocycles. The molecule has 0 atom stereocenters. The predicted molar refractivity (Wildman–Crippen MR) is 97.9 cm³/mol. The van der Waals surface area contributed by atoms with E-state index in [4.69, 9.17) is 0 Å². The minimum Gasteiger partial charge on any atom is -0.352 e. The molecule has 1 aromatic carbocycles. The Hall–Kier alpha value is -2.96. The molecule has 0 saturated carbocycles. The number of nitrogens with zero attached hydrogens (tertiary/aromatic N) is 3. The summed E-state index contributed by atoms with van der Waals surface area (Å²) in [5, 5.41) is 9.95. The molecular weight excluding hydrogens is 330 g/mol. The van der Waals surface area contributed by atoms with Gasteiger partial charge in [0.05, 0.1) is 0 Å². The van der Waals surface area contributed by atoms with Crippen molar-refractivity contribution in [1.29, 1.82) is 0 Å². The van der Waals surface area contributed by atoms with Gasteiger partial charge in [-0.3, -0.25) is 14.7 Å². The van der Waals surface area contributed by atoms with Crippen LogP contribution in [0.3, 0.4) is 0 Å². The molecule has 1 aliphatic rings. The van der Waals surface area contributed by atoms with E-state index in [0.717, 1.165) is 17.0 Å². The molecule has 2 N–H and O–H groups in total. The number of likely N-dealkylation sites (tertiary alicyclic amines) is 1. The van der Waals surface area contributed by atoms with Gasteiger partial charge in [-0.1, -0.05) is 30.8 Å². The lowest BCUT2D eigenvalue weighted by Gasteiger charge is -2.30. The Labute approximate surface area is 152 Å². The molecule has 1 aromatic heterocycles. The van der Waals surface area contributed by atoms with Gasteiger partial charge in [-0.25, -0.2) is 4.98 Å². The highest BCUT2D eigenvalue weighted by Gasteiger charge is 2.26. The van der Waals surface area contributed by atoms with Gasteiger partial charge in [-0.15, -0.1) is 0 Å². The molecule has 7 heteroatoms. The second-order valence-electron chi connectivity index (χ2n) is 6.46. The van der Waals surface area contributed by atoms with Gasteiger partial charge in [0.25, 0.3) is 0 Å². The Morgan fingerprint density at radius 3 is 2.58 bits per heavy atom. The number of hydrogen-bond acceptors (Lipinski definition) is 4. The molecule has 7 nitrogen and oxygen atoms in total. The van der Waals surface area contributed by atoms with Gasteiger partial charge in [-0.2, -0.15) is 5.10 Å². The molecule has 2 heterocycles. The van der Waals surface area contributed by atoms with E-state index in [1.54, 1.807) is 4.90 Å². The Kier molecular flexibility index (Phi) is 5.46. The fourth-order valence-corrected chi connectivity index (χ4v) is 3.07. The zero-order valence-corrected chi connectivity index (χ0v) is 14.9. The van der Waals surface area contributed by atoms with Crippen molar-refractivity contribution in [3.8, 4) is 11.4 Å². The summed E-state index contributed by atoms with van der Waals surface area (Å²) in [4.78, 5) is 30.0. The quantitative estimate of drug-likeness (QED) is 0.802. The Morgan fingerprint density at radius 2 is 2.00 bits per heavy atom. The van der Waals surface area contributed by atoms with Crippen molar-refractivity contribution < 1.29 is 9.59 Å². The number of H-pyrrole nitrogens is 1. The highest BCUT2D eigenvalue weighted by atomic mass is 16.2. The third kappa shape index (κ3) is 4.17. The van der Waals surface area contributed by atoms with E-state index >= 15 is 0 Å². The molecule has 0 radical (unpaired) electrons. The largest absolute Gasteiger partial charge is 0.352 e. The van der Waals surface area contributed by atoms with Gasteiger partial charge in [0, 0.05) is 31.1 Å². The standard InChI is InChI=1S/C19H23N5O2/c1-3-17(25)24-10-8-16(9-11-24)19(26)20-12-14-4-6-15(7-5-14)18-21-13(2)22-23-18/h3-7,16H,1,8-12H2,2H3,(H,20,26)(H,21,22,23). The molecule has 136 valence electrons. The number of aromatic nitrogens is 3. The lowest BCUT2D eigenvalue weighted by Crippen LogP contribution is -2.42. The molecule has 2 amide bonds. The summed E-state index contributed by atoms with van der Waals surface area (Å²) in [6.07, 6.45) is 2.70. The van der Waals surface area contributed by atoms with Gasteiger partial charge in [0.2, 0.25) is 11.8 Å². The third-order valence-corrected chi connectivity index (χ3v) is 4.63. The molecular formula is C19H23N5O2. The number of hydrogen-bond donors (Lipinski definition) is 2. The monoisotopic (exact) mass is 353 g/mol. The Balaban J connectivity index is 1.49. The van der Waals surface area contributed by atoms with Crippen molar-refractivity contribution in [2.45, 2.75) is 26.3 Å². The number of amides is 2. The van der Waals surface area contributed by atoms with Gasteiger partial charge >= 0.3 is 0 Å². The first-order valence-corrected chi connectivity index (χ1v) is 8.74. The minimum atomic E-state index is -0.0643. The molecule has 1 aliphatic heterocycles. The van der Waals surface area contributed by atoms with Crippen LogP contribution in [0.15, 0.2) is 36.9 Å². The van der Waals surface area contributed by atoms with Crippen molar-refractivity contribution >= 4 is 11.8 Å². The SMILES string of the molecule is C=CC(=O)N1CCC(C(=O)NCc2ccc(-c3n[nH]c(C)n3)cc2)CC1. The van der Waals surface area contributed by atoms with E-state index in [-0.39, 0.29) is 17.7 Å². The second-order valence-corrected chi connectivity index (χ2v) is 6.46. The minimum absolute atomic E-state index is 0.0423. The third-order valence-electron chi connectivity index (χ3n) is 4.63. The predicted octanol–water partition coefficient (Wildman–Crippen LogP) is 1.82. The van der Waals surface area contributed by atoms with Crippen LogP contribution in [-0.4, -0.2) is 45.0 Å². The van der Waals surface area contributed by atoms with Gasteiger partial charge in [0.1, 0.15) is 5.82 Å². The van der Waals surface area contributed by atoms with Crippen LogP contribution in [0.5, 0.6) is 0 Å². The molecule has 26 heavy (non-hydrogen) atoms. The maximum Gasteiger partial charge on any atom is 0.245 e. The highest BCUT2D eigenvalue weighted by Crippen LogP contribution is 2.18. The average molecular weight is 353 g/mol. The van der Waals surface area contributed by atoms with Crippen molar-refractivity contribution in [3.05, 3.63) is 48.3 Å². The van der Waals surface area contributed by atoms with Crippen LogP contribution >= 0.6 is 0 Å². The first-order valence-electron chi connectivity index (χ1n) is 8.74. The zero-order valence-electron chi connectivity index (χ0n) is 14.9. The van der Waals surface area contributed by atoms with E-state index in [1.165, 1.54) is 6.08 Å². The van der Waals surface area contributed by atoms with Crippen LogP contribution in [0.2, 0.25) is 0 Å². The van der Waals surface area contributed by atoms with E-state index in [1.807, 2.05) is 31.2 Å². The summed E-state index contributed by atoms with van der Waals surface area (Å²) < 4.78 is 0. The smallest absolute Gasteiger partial charge is 0.245 e. The van der Waals surface area contributed by atoms with E-state index in [0.29, 0.717) is 38.3 Å². The second kappa shape index (κ2) is 7.95. The van der Waals surface area contributed by atoms with Gasteiger partial charge in [-0.05, 0) is 31.4 Å². The summed E-state index contributed by atoms with van der Waals surface area (Å²) in [6, 6.07) is 7.83. The van der Waals surface area contributed by atoms with Crippen LogP contribution in [0.1, 0.15) is 24.2 Å². The number of carbonyl (C=O) groups is 2. The van der Waals surface area contributed by atoms with Crippen molar-refractivity contribution in [1.82, 2.24) is 25.4 Å². The molecule has 3 rings (SSSR count). The van der Waals surface area contributed by atoms with Crippen molar-refractivity contribution in [2.24, 2.45) is 5.92 Å². The summed E-state index contributed by atoms with van der Waals surface area (Å²) in [5.41, 5.74) is 1.96. The lowest BCUT2D eigenvalue weighted by molar-refractivity contribution is -0.132. The molecule has 2 aromatic rings. The van der Waals surface area contributed by atoms with Crippen LogP contribution in [0.4, 0.5) is 0 Å². The first kappa shape index (κ1) is 17.8. The fraction of sp³-hybridized carbons (Fsp3) is 0.368. The first-order chi connectivity index (χ1) is 12.6. The normalized spacial score (nSPS) is 14.9. The van der Waals surface area contributed by atoms with Gasteiger partial charge < -0.3 is 10.2 Å². The Morgan fingerprint density at radius 1 is 1.31 bits per heavy atom. The lowest BCUT2D eigenvalue weighted by atomic mass is 9.95. The number of benzene rings is 1. The van der Waals surface area contributed by atoms with Crippen LogP contribution in [-0.2, 0) is 16.1 Å². The molecule has 0 unspecified atom stereocenters. The summed E-state index contributed by atoms with van der Waals surface area (Å²) in [7, 11) is 0. The molecule has 0 bridgehead atoms. The van der Waals surface area contributed by atoms with Crippen LogP contribution in [0, 0.1) is 12.8 Å². The van der Waals surface area contributed by atoms with E-state index in [9.17, 15) is 9.59 Å². The maximum atomic E-state index is 12.3. The molecule has 0 aliphatic carbocycles. The molecule has 1 fully saturated rings.